The van der Waals surface area contributed by atoms with Crippen LogP contribution >= 0.6 is 17.0 Å². The second kappa shape index (κ2) is 11.9. The average molecular weight is 529 g/mol. The first-order chi connectivity index (χ1) is 15.0. The fourth-order valence-corrected chi connectivity index (χ4v) is 3.46. The fourth-order valence-electron chi connectivity index (χ4n) is 3.46. The molecule has 0 radical (unpaired) electrons. The van der Waals surface area contributed by atoms with E-state index in [0.717, 1.165) is 6.42 Å². The maximum Gasteiger partial charge on any atom is 0.0384 e. The van der Waals surface area contributed by atoms with E-state index in [2.05, 4.69) is 78.9 Å². The van der Waals surface area contributed by atoms with E-state index in [1.807, 2.05) is 26.0 Å². The Morgan fingerprint density at radius 3 is 1.71 bits per heavy atom. The molecule has 0 fully saturated rings. The molecule has 0 bridgehead atoms. The third-order valence-corrected chi connectivity index (χ3v) is 11.4. The summed E-state index contributed by atoms with van der Waals surface area (Å²) in [6.07, 6.45) is 0.757. The smallest absolute Gasteiger partial charge is 0.0384 e. The minimum Gasteiger partial charge on any atom is -0.397 e. The molecule has 0 spiro atoms. The Hall–Kier alpha value is -1.57. The van der Waals surface area contributed by atoms with Crippen molar-refractivity contribution in [2.24, 2.45) is 0 Å². The van der Waals surface area contributed by atoms with Crippen LogP contribution < -0.4 is 0 Å². The van der Waals surface area contributed by atoms with Crippen molar-refractivity contribution in [3.8, 4) is 0 Å². The summed E-state index contributed by atoms with van der Waals surface area (Å²) in [7, 11) is 11.1. The molecule has 0 aromatic heterocycles. The third kappa shape index (κ3) is 6.47. The second-order valence-corrected chi connectivity index (χ2v) is 16.9. The van der Waals surface area contributed by atoms with Crippen LogP contribution in [0.25, 0.3) is 32.3 Å². The van der Waals surface area contributed by atoms with Crippen LogP contribution in [0.15, 0.2) is 91.0 Å². The molecule has 0 saturated heterocycles. The molecule has 5 rings (SSSR count). The van der Waals surface area contributed by atoms with Gasteiger partial charge in [-0.25, -0.2) is 0 Å². The predicted molar refractivity (Wildman–Crippen MR) is 135 cm³/mol. The minimum atomic E-state index is -1.84. The zero-order valence-electron chi connectivity index (χ0n) is 17.8. The summed E-state index contributed by atoms with van der Waals surface area (Å²) in [5.74, 6) is 0. The molecule has 160 valence electrons. The van der Waals surface area contributed by atoms with Crippen LogP contribution in [0.4, 0.5) is 0 Å². The zero-order valence-corrected chi connectivity index (χ0v) is 21.7. The van der Waals surface area contributed by atoms with Gasteiger partial charge in [-0.05, 0) is 6.42 Å². The Morgan fingerprint density at radius 2 is 1.23 bits per heavy atom. The molecule has 1 N–H and O–H groups in total. The average Bonchev–Trinajstić information content (AvgIpc) is 3.36. The van der Waals surface area contributed by atoms with E-state index in [9.17, 15) is 0 Å². The van der Waals surface area contributed by atoms with Gasteiger partial charge in [0.1, 0.15) is 0 Å². The van der Waals surface area contributed by atoms with Crippen molar-refractivity contribution in [1.82, 2.24) is 0 Å². The summed E-state index contributed by atoms with van der Waals surface area (Å²) in [6.45, 7) is 4.19. The second-order valence-electron chi connectivity index (χ2n) is 7.50. The summed E-state index contributed by atoms with van der Waals surface area (Å²) in [5.41, 5.74) is 1.24. The molecule has 0 unspecified atom stereocenters. The topological polar surface area (TPSA) is 20.2 Å². The van der Waals surface area contributed by atoms with E-state index in [1.165, 1.54) is 41.1 Å². The van der Waals surface area contributed by atoms with Gasteiger partial charge >= 0.3 is 53.0 Å². The molecule has 0 amide bonds. The maximum absolute atomic E-state index is 8.80. The Balaban J connectivity index is 0.000000142. The van der Waals surface area contributed by atoms with Gasteiger partial charge < -0.3 is 5.11 Å². The van der Waals surface area contributed by atoms with Crippen molar-refractivity contribution in [2.45, 2.75) is 20.3 Å². The van der Waals surface area contributed by atoms with E-state index in [1.54, 1.807) is 0 Å². The Labute approximate surface area is 198 Å². The number of aliphatic hydroxyl groups is 1. The summed E-state index contributed by atoms with van der Waals surface area (Å²) in [5, 5.41) is 16.7. The largest absolute Gasteiger partial charge is 0.397 e. The van der Waals surface area contributed by atoms with Crippen molar-refractivity contribution in [2.75, 3.05) is 6.61 Å². The zero-order chi connectivity index (χ0) is 22.2. The van der Waals surface area contributed by atoms with Crippen LogP contribution in [0.5, 0.6) is 0 Å². The Morgan fingerprint density at radius 1 is 0.774 bits per heavy atom. The normalized spacial score (nSPS) is 10.4. The first-order valence-corrected chi connectivity index (χ1v) is 17.8. The minimum absolute atomic E-state index is 0.230. The first-order valence-electron chi connectivity index (χ1n) is 10.3. The molecule has 0 aliphatic rings. The third-order valence-electron chi connectivity index (χ3n) is 5.05. The van der Waals surface area contributed by atoms with E-state index in [-0.39, 0.29) is 6.61 Å². The molecule has 31 heavy (non-hydrogen) atoms. The molecule has 0 heterocycles. The molecule has 4 heteroatoms. The summed E-state index contributed by atoms with van der Waals surface area (Å²) in [4.78, 5) is 0. The monoisotopic (exact) mass is 526 g/mol. The first kappa shape index (κ1) is 24.1. The summed E-state index contributed by atoms with van der Waals surface area (Å²) in [6, 6.07) is 31.7. The SMILES string of the molecule is C[C](C)=[Zr]([Cl])[Cl].OCCc1c[cH-]c2ccccc12.c1ccc2c(c1)[cH-]c1ccccc12. The summed E-state index contributed by atoms with van der Waals surface area (Å²) >= 11 is -1.84. The van der Waals surface area contributed by atoms with Gasteiger partial charge in [-0.3, -0.25) is 0 Å². The van der Waals surface area contributed by atoms with Crippen LogP contribution in [0, 0.1) is 0 Å². The quantitative estimate of drug-likeness (QED) is 0.231. The van der Waals surface area contributed by atoms with Crippen molar-refractivity contribution in [3.05, 3.63) is 96.6 Å². The van der Waals surface area contributed by atoms with Crippen LogP contribution in [-0.2, 0) is 25.3 Å². The number of benzene rings is 3. The van der Waals surface area contributed by atoms with Crippen LogP contribution in [-0.4, -0.2) is 14.9 Å². The molecule has 0 aliphatic heterocycles. The maximum atomic E-state index is 8.80. The van der Waals surface area contributed by atoms with E-state index >= 15 is 0 Å². The predicted octanol–water partition coefficient (Wildman–Crippen LogP) is 7.93. The summed E-state index contributed by atoms with van der Waals surface area (Å²) < 4.78 is 1.24. The Bertz CT molecular complexity index is 1230. The van der Waals surface area contributed by atoms with Gasteiger partial charge in [-0.2, -0.15) is 5.56 Å². The van der Waals surface area contributed by atoms with Crippen molar-refractivity contribution in [1.29, 1.82) is 0 Å². The molecule has 5 aromatic carbocycles. The number of fused-ring (bicyclic) bond motifs is 4. The van der Waals surface area contributed by atoms with Gasteiger partial charge in [0.15, 0.2) is 0 Å². The van der Waals surface area contributed by atoms with Crippen LogP contribution in [0.2, 0.25) is 0 Å². The van der Waals surface area contributed by atoms with E-state index in [4.69, 9.17) is 22.1 Å². The number of halogens is 2. The standard InChI is InChI=1S/C13H9.C11H11O.C3H6.2ClH.Zr/c1-3-7-12-10(5-1)9-11-6-2-4-8-13(11)12;12-8-7-10-6-5-9-3-1-2-4-11(9)10;1-3-2;;;/h1-9H;1-6,12H,7-8H2;1-2H3;2*1H;/q2*-1;;;;+2/p-2. The molecule has 5 aromatic rings. The molecular weight excluding hydrogens is 502 g/mol. The molecule has 1 nitrogen and oxygen atoms in total. The molecule has 0 saturated carbocycles. The van der Waals surface area contributed by atoms with Crippen molar-refractivity contribution in [3.63, 3.8) is 0 Å². The van der Waals surface area contributed by atoms with Crippen molar-refractivity contribution < 1.29 is 24.0 Å². The van der Waals surface area contributed by atoms with Gasteiger partial charge in [0.2, 0.25) is 0 Å². The van der Waals surface area contributed by atoms with Gasteiger partial charge in [-0.1, -0.05) is 42.5 Å². The molecular formula is C27H26Cl2OZr-2. The number of hydrogen-bond acceptors (Lipinski definition) is 1. The number of hydrogen-bond donors (Lipinski definition) is 1. The van der Waals surface area contributed by atoms with Gasteiger partial charge in [0.25, 0.3) is 0 Å². The molecule has 0 atom stereocenters. The number of rotatable bonds is 2. The fraction of sp³-hybridized carbons (Fsp3) is 0.148. The van der Waals surface area contributed by atoms with Gasteiger partial charge in [0.05, 0.1) is 0 Å². The van der Waals surface area contributed by atoms with Crippen LogP contribution in [0.3, 0.4) is 0 Å². The van der Waals surface area contributed by atoms with Crippen molar-refractivity contribution >= 4 is 52.5 Å². The Kier molecular flexibility index (Phi) is 9.23. The van der Waals surface area contributed by atoms with Gasteiger partial charge in [-0.15, -0.1) is 80.8 Å². The van der Waals surface area contributed by atoms with Gasteiger partial charge in [0, 0.05) is 6.61 Å². The van der Waals surface area contributed by atoms with E-state index in [0.29, 0.717) is 0 Å². The van der Waals surface area contributed by atoms with Crippen LogP contribution in [0.1, 0.15) is 19.4 Å². The molecule has 0 aliphatic carbocycles. The number of aliphatic hydroxyl groups excluding tert-OH is 1. The van der Waals surface area contributed by atoms with E-state index < -0.39 is 18.9 Å².